The Hall–Kier alpha value is -0.860. The Morgan fingerprint density at radius 1 is 1.24 bits per heavy atom. The van der Waals surface area contributed by atoms with Crippen LogP contribution >= 0.6 is 0 Å². The van der Waals surface area contributed by atoms with E-state index >= 15 is 0 Å². The number of likely N-dealkylation sites (tertiary alicyclic amines) is 1. The second-order valence-electron chi connectivity index (χ2n) is 7.78. The van der Waals surface area contributed by atoms with Crippen LogP contribution in [0.1, 0.15) is 63.6 Å². The average Bonchev–Trinajstić information content (AvgIpc) is 2.47. The van der Waals surface area contributed by atoms with E-state index in [0.717, 1.165) is 0 Å². The van der Waals surface area contributed by atoms with Gasteiger partial charge < -0.3 is 5.73 Å². The van der Waals surface area contributed by atoms with Gasteiger partial charge in [-0.2, -0.15) is 0 Å². The van der Waals surface area contributed by atoms with Crippen molar-refractivity contribution >= 4 is 0 Å². The van der Waals surface area contributed by atoms with Crippen LogP contribution in [0.4, 0.5) is 0 Å². The Balaban J connectivity index is 1.86. The maximum absolute atomic E-state index is 6.17. The van der Waals surface area contributed by atoms with Gasteiger partial charge in [0.05, 0.1) is 0 Å². The predicted octanol–water partition coefficient (Wildman–Crippen LogP) is 3.86. The van der Waals surface area contributed by atoms with E-state index in [1.165, 1.54) is 38.8 Å². The van der Waals surface area contributed by atoms with Crippen molar-refractivity contribution in [3.05, 3.63) is 35.4 Å². The van der Waals surface area contributed by atoms with Gasteiger partial charge in [0.2, 0.25) is 0 Å². The van der Waals surface area contributed by atoms with Gasteiger partial charge in [0.1, 0.15) is 0 Å². The van der Waals surface area contributed by atoms with E-state index in [1.807, 2.05) is 0 Å². The van der Waals surface area contributed by atoms with E-state index in [9.17, 15) is 0 Å². The minimum Gasteiger partial charge on any atom is -0.328 e. The Morgan fingerprint density at radius 3 is 2.76 bits per heavy atom. The van der Waals surface area contributed by atoms with Crippen molar-refractivity contribution in [2.45, 2.75) is 64.0 Å². The second-order valence-corrected chi connectivity index (χ2v) is 7.78. The van der Waals surface area contributed by atoms with Crippen LogP contribution in [0, 0.1) is 5.92 Å². The molecule has 2 aliphatic rings. The molecule has 0 bridgehead atoms. The maximum Gasteiger partial charge on any atom is 0.0351 e. The van der Waals surface area contributed by atoms with Crippen LogP contribution in [0.25, 0.3) is 0 Å². The summed E-state index contributed by atoms with van der Waals surface area (Å²) in [4.78, 5) is 2.71. The zero-order valence-electron chi connectivity index (χ0n) is 13.8. The normalized spacial score (nSPS) is 30.7. The molecule has 0 saturated carbocycles. The van der Waals surface area contributed by atoms with Gasteiger partial charge in [-0.25, -0.2) is 0 Å². The monoisotopic (exact) mass is 286 g/mol. The molecule has 1 saturated heterocycles. The van der Waals surface area contributed by atoms with E-state index in [2.05, 4.69) is 49.9 Å². The van der Waals surface area contributed by atoms with Gasteiger partial charge in [-0.15, -0.1) is 0 Å². The van der Waals surface area contributed by atoms with Crippen LogP contribution in [0.3, 0.4) is 0 Å². The molecular weight excluding hydrogens is 256 g/mol. The molecule has 3 atom stereocenters. The standard InChI is InChI=1S/C19H30N2/c1-14(20)15-7-6-12-21(13-15)18-10-11-19(2,3)17-9-5-4-8-16(17)18/h4-5,8-9,14-15,18H,6-7,10-13,20H2,1-3H3. The highest BCUT2D eigenvalue weighted by Crippen LogP contribution is 2.44. The molecule has 1 aliphatic carbocycles. The number of hydrogen-bond donors (Lipinski definition) is 1. The Labute approximate surface area is 129 Å². The molecule has 0 spiro atoms. The fourth-order valence-corrected chi connectivity index (χ4v) is 4.32. The highest BCUT2D eigenvalue weighted by molar-refractivity contribution is 5.38. The lowest BCUT2D eigenvalue weighted by Gasteiger charge is -2.45. The molecule has 1 aromatic rings. The molecule has 1 aromatic carbocycles. The molecule has 2 N–H and O–H groups in total. The van der Waals surface area contributed by atoms with Crippen LogP contribution < -0.4 is 5.73 Å². The van der Waals surface area contributed by atoms with E-state index in [-0.39, 0.29) is 0 Å². The Kier molecular flexibility index (Phi) is 4.11. The second kappa shape index (κ2) is 5.73. The first-order chi connectivity index (χ1) is 9.99. The molecular formula is C19H30N2. The smallest absolute Gasteiger partial charge is 0.0351 e. The first kappa shape index (κ1) is 15.1. The number of benzene rings is 1. The van der Waals surface area contributed by atoms with Crippen molar-refractivity contribution < 1.29 is 0 Å². The van der Waals surface area contributed by atoms with Crippen LogP contribution in [0.2, 0.25) is 0 Å². The summed E-state index contributed by atoms with van der Waals surface area (Å²) >= 11 is 0. The minimum atomic E-state index is 0.322. The topological polar surface area (TPSA) is 29.3 Å². The summed E-state index contributed by atoms with van der Waals surface area (Å²) in [6.07, 6.45) is 5.17. The molecule has 1 heterocycles. The summed E-state index contributed by atoms with van der Waals surface area (Å²) in [5, 5.41) is 0. The molecule has 116 valence electrons. The highest BCUT2D eigenvalue weighted by Gasteiger charge is 2.36. The molecule has 3 unspecified atom stereocenters. The molecule has 1 fully saturated rings. The van der Waals surface area contributed by atoms with Crippen molar-refractivity contribution in [2.24, 2.45) is 11.7 Å². The Bertz CT molecular complexity index is 492. The predicted molar refractivity (Wildman–Crippen MR) is 89.4 cm³/mol. The number of nitrogens with zero attached hydrogens (tertiary/aromatic N) is 1. The molecule has 2 heteroatoms. The quantitative estimate of drug-likeness (QED) is 0.894. The fraction of sp³-hybridized carbons (Fsp3) is 0.684. The van der Waals surface area contributed by atoms with Crippen molar-refractivity contribution in [3.63, 3.8) is 0 Å². The lowest BCUT2D eigenvalue weighted by Crippen LogP contribution is -2.45. The van der Waals surface area contributed by atoms with Gasteiger partial charge in [-0.3, -0.25) is 4.90 Å². The molecule has 3 rings (SSSR count). The lowest BCUT2D eigenvalue weighted by molar-refractivity contribution is 0.0961. The van der Waals surface area contributed by atoms with Crippen LogP contribution in [-0.4, -0.2) is 24.0 Å². The van der Waals surface area contributed by atoms with Crippen molar-refractivity contribution in [1.82, 2.24) is 4.90 Å². The van der Waals surface area contributed by atoms with Gasteiger partial charge in [0, 0.05) is 18.6 Å². The van der Waals surface area contributed by atoms with Gasteiger partial charge in [0.15, 0.2) is 0 Å². The van der Waals surface area contributed by atoms with Gasteiger partial charge in [0.25, 0.3) is 0 Å². The molecule has 2 nitrogen and oxygen atoms in total. The molecule has 0 aromatic heterocycles. The third-order valence-corrected chi connectivity index (χ3v) is 5.77. The largest absolute Gasteiger partial charge is 0.328 e. The first-order valence-electron chi connectivity index (χ1n) is 8.58. The van der Waals surface area contributed by atoms with E-state index < -0.39 is 0 Å². The number of piperidine rings is 1. The summed E-state index contributed by atoms with van der Waals surface area (Å²) in [6, 6.07) is 10.0. The highest BCUT2D eigenvalue weighted by atomic mass is 15.2. The summed E-state index contributed by atoms with van der Waals surface area (Å²) in [6.45, 7) is 9.37. The molecule has 21 heavy (non-hydrogen) atoms. The van der Waals surface area contributed by atoms with Gasteiger partial charge >= 0.3 is 0 Å². The first-order valence-corrected chi connectivity index (χ1v) is 8.58. The molecule has 1 aliphatic heterocycles. The molecule has 0 amide bonds. The number of hydrogen-bond acceptors (Lipinski definition) is 2. The summed E-state index contributed by atoms with van der Waals surface area (Å²) in [5.41, 5.74) is 9.62. The van der Waals surface area contributed by atoms with Crippen molar-refractivity contribution in [2.75, 3.05) is 13.1 Å². The molecule has 0 radical (unpaired) electrons. The zero-order chi connectivity index (χ0) is 15.0. The third kappa shape index (κ3) is 2.89. The average molecular weight is 286 g/mol. The van der Waals surface area contributed by atoms with Crippen LogP contribution in [0.5, 0.6) is 0 Å². The maximum atomic E-state index is 6.17. The SMILES string of the molecule is CC(N)C1CCCN(C2CCC(C)(C)c3ccccc32)C1. The van der Waals surface area contributed by atoms with Crippen LogP contribution in [0.15, 0.2) is 24.3 Å². The van der Waals surface area contributed by atoms with Gasteiger partial charge in [-0.05, 0) is 61.6 Å². The minimum absolute atomic E-state index is 0.322. The van der Waals surface area contributed by atoms with Crippen LogP contribution in [-0.2, 0) is 5.41 Å². The van der Waals surface area contributed by atoms with Gasteiger partial charge in [-0.1, -0.05) is 38.1 Å². The Morgan fingerprint density at radius 2 is 2.00 bits per heavy atom. The van der Waals surface area contributed by atoms with Crippen molar-refractivity contribution in [1.29, 1.82) is 0 Å². The summed E-state index contributed by atoms with van der Waals surface area (Å²) in [5.74, 6) is 0.667. The number of nitrogens with two attached hydrogens (primary N) is 1. The summed E-state index contributed by atoms with van der Waals surface area (Å²) in [7, 11) is 0. The third-order valence-electron chi connectivity index (χ3n) is 5.77. The lowest BCUT2D eigenvalue weighted by atomic mass is 9.70. The van der Waals surface area contributed by atoms with E-state index in [0.29, 0.717) is 23.4 Å². The zero-order valence-corrected chi connectivity index (χ0v) is 13.8. The summed E-state index contributed by atoms with van der Waals surface area (Å²) < 4.78 is 0. The van der Waals surface area contributed by atoms with E-state index in [1.54, 1.807) is 11.1 Å². The van der Waals surface area contributed by atoms with Crippen molar-refractivity contribution in [3.8, 4) is 0 Å². The fourth-order valence-electron chi connectivity index (χ4n) is 4.32. The number of fused-ring (bicyclic) bond motifs is 1. The number of rotatable bonds is 2. The van der Waals surface area contributed by atoms with E-state index in [4.69, 9.17) is 5.73 Å².